The molecule has 4 N–H and O–H groups in total. The van der Waals surface area contributed by atoms with Crippen molar-refractivity contribution in [3.05, 3.63) is 0 Å². The summed E-state index contributed by atoms with van der Waals surface area (Å²) in [5, 5.41) is 0. The SMILES string of the molecule is C#CC#CCCCCCCCCCCCC.NCCN. The summed E-state index contributed by atoms with van der Waals surface area (Å²) in [6.07, 6.45) is 19.8. The highest BCUT2D eigenvalue weighted by molar-refractivity contribution is 5.21. The van der Waals surface area contributed by atoms with Crippen LogP contribution in [0.4, 0.5) is 0 Å². The molecule has 0 atom stereocenters. The number of nitrogens with two attached hydrogens (primary N) is 2. The molecule has 2 nitrogen and oxygen atoms in total. The van der Waals surface area contributed by atoms with Crippen molar-refractivity contribution >= 4 is 0 Å². The molecule has 0 heterocycles. The first-order valence-corrected chi connectivity index (χ1v) is 8.17. The summed E-state index contributed by atoms with van der Waals surface area (Å²) in [5.74, 6) is 7.97. The summed E-state index contributed by atoms with van der Waals surface area (Å²) in [4.78, 5) is 0. The van der Waals surface area contributed by atoms with Crippen LogP contribution in [0.5, 0.6) is 0 Å². The summed E-state index contributed by atoms with van der Waals surface area (Å²) < 4.78 is 0. The first-order valence-electron chi connectivity index (χ1n) is 8.17. The Balaban J connectivity index is 0. The lowest BCUT2D eigenvalue weighted by Gasteiger charge is -2.00. The third-order valence-electron chi connectivity index (χ3n) is 2.98. The Morgan fingerprint density at radius 3 is 1.60 bits per heavy atom. The zero-order valence-electron chi connectivity index (χ0n) is 13.4. The second-order valence-corrected chi connectivity index (χ2v) is 4.96. The van der Waals surface area contributed by atoms with Gasteiger partial charge in [-0.3, -0.25) is 0 Å². The molecule has 0 rings (SSSR count). The molecular weight excluding hydrogens is 244 g/mol. The van der Waals surface area contributed by atoms with Crippen LogP contribution in [0.1, 0.15) is 77.6 Å². The van der Waals surface area contributed by atoms with E-state index in [1.54, 1.807) is 0 Å². The topological polar surface area (TPSA) is 52.0 Å². The average Bonchev–Trinajstić information content (AvgIpc) is 2.49. The van der Waals surface area contributed by atoms with Gasteiger partial charge in [0.15, 0.2) is 0 Å². The second-order valence-electron chi connectivity index (χ2n) is 4.96. The highest BCUT2D eigenvalue weighted by Crippen LogP contribution is 2.10. The van der Waals surface area contributed by atoms with Gasteiger partial charge in [0.05, 0.1) is 0 Å². The summed E-state index contributed by atoms with van der Waals surface area (Å²) in [7, 11) is 0. The maximum absolute atomic E-state index is 5.04. The quantitative estimate of drug-likeness (QED) is 0.446. The predicted octanol–water partition coefficient (Wildman–Crippen LogP) is 3.84. The first kappa shape index (κ1) is 21.3. The van der Waals surface area contributed by atoms with Crippen LogP contribution in [0.3, 0.4) is 0 Å². The number of hydrogen-bond acceptors (Lipinski definition) is 2. The fourth-order valence-corrected chi connectivity index (χ4v) is 1.81. The molecule has 0 amide bonds. The lowest BCUT2D eigenvalue weighted by atomic mass is 10.1. The van der Waals surface area contributed by atoms with Gasteiger partial charge in [-0.2, -0.15) is 0 Å². The second kappa shape index (κ2) is 23.2. The predicted molar refractivity (Wildman–Crippen MR) is 91.2 cm³/mol. The van der Waals surface area contributed by atoms with E-state index in [9.17, 15) is 0 Å². The molecular formula is C18H34N2. The van der Waals surface area contributed by atoms with Crippen molar-refractivity contribution in [1.29, 1.82) is 0 Å². The van der Waals surface area contributed by atoms with E-state index >= 15 is 0 Å². The summed E-state index contributed by atoms with van der Waals surface area (Å²) in [6, 6.07) is 0. The van der Waals surface area contributed by atoms with E-state index in [2.05, 4.69) is 24.7 Å². The van der Waals surface area contributed by atoms with Gasteiger partial charge < -0.3 is 11.5 Å². The van der Waals surface area contributed by atoms with Crippen molar-refractivity contribution < 1.29 is 0 Å². The van der Waals surface area contributed by atoms with E-state index in [1.807, 2.05) is 0 Å². The van der Waals surface area contributed by atoms with Crippen molar-refractivity contribution in [1.82, 2.24) is 0 Å². The van der Waals surface area contributed by atoms with E-state index in [4.69, 9.17) is 17.9 Å². The van der Waals surface area contributed by atoms with Crippen LogP contribution in [-0.4, -0.2) is 13.1 Å². The molecule has 0 radical (unpaired) electrons. The molecule has 0 aliphatic carbocycles. The van der Waals surface area contributed by atoms with Gasteiger partial charge in [0.25, 0.3) is 0 Å². The van der Waals surface area contributed by atoms with Gasteiger partial charge in [0, 0.05) is 19.5 Å². The molecule has 0 aliphatic rings. The van der Waals surface area contributed by atoms with Crippen molar-refractivity contribution in [2.75, 3.05) is 13.1 Å². The maximum atomic E-state index is 5.04. The van der Waals surface area contributed by atoms with Crippen molar-refractivity contribution in [3.63, 3.8) is 0 Å². The smallest absolute Gasteiger partial charge is 0.00989 e. The van der Waals surface area contributed by atoms with Gasteiger partial charge in [-0.05, 0) is 18.3 Å². The Morgan fingerprint density at radius 1 is 0.750 bits per heavy atom. The monoisotopic (exact) mass is 278 g/mol. The molecule has 0 aromatic heterocycles. The molecule has 0 fully saturated rings. The largest absolute Gasteiger partial charge is 0.329 e. The third kappa shape index (κ3) is 25.8. The minimum Gasteiger partial charge on any atom is -0.329 e. The molecule has 0 spiro atoms. The van der Waals surface area contributed by atoms with Crippen molar-refractivity contribution in [3.8, 4) is 24.2 Å². The van der Waals surface area contributed by atoms with E-state index in [-0.39, 0.29) is 0 Å². The minimum atomic E-state index is 0.597. The fourth-order valence-electron chi connectivity index (χ4n) is 1.81. The molecule has 0 bridgehead atoms. The van der Waals surface area contributed by atoms with Gasteiger partial charge in [-0.1, -0.05) is 70.6 Å². The lowest BCUT2D eigenvalue weighted by Crippen LogP contribution is -2.11. The van der Waals surface area contributed by atoms with Crippen LogP contribution in [0.15, 0.2) is 0 Å². The lowest BCUT2D eigenvalue weighted by molar-refractivity contribution is 0.558. The molecule has 0 unspecified atom stereocenters. The van der Waals surface area contributed by atoms with Crippen LogP contribution < -0.4 is 11.5 Å². The van der Waals surface area contributed by atoms with Crippen LogP contribution in [0.25, 0.3) is 0 Å². The molecule has 0 saturated carbocycles. The Morgan fingerprint density at radius 2 is 1.20 bits per heavy atom. The maximum Gasteiger partial charge on any atom is 0.00989 e. The standard InChI is InChI=1S/C16H26.C2H8N2/c1-3-5-7-9-11-13-15-16-14-12-10-8-6-4-2;3-1-2-4/h1H,4,6,8-16H2,2H3;1-4H2. The molecule has 20 heavy (non-hydrogen) atoms. The van der Waals surface area contributed by atoms with Crippen LogP contribution in [0, 0.1) is 24.2 Å². The molecule has 0 saturated heterocycles. The van der Waals surface area contributed by atoms with Gasteiger partial charge in [0.2, 0.25) is 0 Å². The highest BCUT2D eigenvalue weighted by Gasteiger charge is 1.91. The Bertz CT molecular complexity index is 253. The highest BCUT2D eigenvalue weighted by atomic mass is 14.6. The van der Waals surface area contributed by atoms with E-state index in [1.165, 1.54) is 64.2 Å². The van der Waals surface area contributed by atoms with E-state index < -0.39 is 0 Å². The Labute approximate surface area is 127 Å². The number of rotatable bonds is 11. The number of unbranched alkanes of at least 4 members (excludes halogenated alkanes) is 10. The third-order valence-corrected chi connectivity index (χ3v) is 2.98. The zero-order valence-corrected chi connectivity index (χ0v) is 13.4. The van der Waals surface area contributed by atoms with Crippen LogP contribution in [-0.2, 0) is 0 Å². The molecule has 0 aromatic carbocycles. The molecule has 116 valence electrons. The first-order chi connectivity index (χ1) is 9.83. The Hall–Kier alpha value is -0.960. The normalized spacial score (nSPS) is 8.90. The van der Waals surface area contributed by atoms with Crippen molar-refractivity contribution in [2.24, 2.45) is 11.5 Å². The molecule has 0 aliphatic heterocycles. The zero-order chi connectivity index (χ0) is 15.3. The fraction of sp³-hybridized carbons (Fsp3) is 0.778. The Kier molecular flexibility index (Phi) is 24.7. The number of hydrogen-bond donors (Lipinski definition) is 2. The summed E-state index contributed by atoms with van der Waals surface area (Å²) in [5.41, 5.74) is 9.81. The number of terminal acetylenes is 1. The molecule has 2 heteroatoms. The van der Waals surface area contributed by atoms with E-state index in [0.717, 1.165) is 6.42 Å². The van der Waals surface area contributed by atoms with Gasteiger partial charge >= 0.3 is 0 Å². The summed E-state index contributed by atoms with van der Waals surface area (Å²) >= 11 is 0. The van der Waals surface area contributed by atoms with Crippen LogP contribution >= 0.6 is 0 Å². The summed E-state index contributed by atoms with van der Waals surface area (Å²) in [6.45, 7) is 3.46. The van der Waals surface area contributed by atoms with Gasteiger partial charge in [0.1, 0.15) is 0 Å². The van der Waals surface area contributed by atoms with Gasteiger partial charge in [-0.25, -0.2) is 0 Å². The van der Waals surface area contributed by atoms with E-state index in [0.29, 0.717) is 13.1 Å². The van der Waals surface area contributed by atoms with Gasteiger partial charge in [-0.15, -0.1) is 6.42 Å². The van der Waals surface area contributed by atoms with Crippen molar-refractivity contribution in [2.45, 2.75) is 77.6 Å². The molecule has 0 aromatic rings. The van der Waals surface area contributed by atoms with Crippen LogP contribution in [0.2, 0.25) is 0 Å². The minimum absolute atomic E-state index is 0.597. The average molecular weight is 278 g/mol.